The number of piperidine rings is 1. The Morgan fingerprint density at radius 2 is 1.76 bits per heavy atom. The van der Waals surface area contributed by atoms with Gasteiger partial charge >= 0.3 is 0 Å². The minimum atomic E-state index is -0.409. The van der Waals surface area contributed by atoms with Crippen molar-refractivity contribution < 1.29 is 19.1 Å². The lowest BCUT2D eigenvalue weighted by molar-refractivity contribution is -0.130. The molecule has 196 valence electrons. The second-order valence-electron chi connectivity index (χ2n) is 9.48. The summed E-state index contributed by atoms with van der Waals surface area (Å²) in [4.78, 5) is 41.5. The standard InChI is InChI=1S/C29H28BrN3O5/c1-37-25-11-5-7-19(27(25)38-2)14-23(31-28(35)21-8-3-4-9-22(21)30)29(36)32-15-18-13-20(17-32)24-10-6-12-26(34)33(24)16-18/h3-12,14,18,20H,13,15-17H2,1-2H3,(H,31,35)/b23-14-/t18-,20-/m0/s1. The fourth-order valence-electron chi connectivity index (χ4n) is 5.40. The lowest BCUT2D eigenvalue weighted by atomic mass is 9.83. The van der Waals surface area contributed by atoms with Gasteiger partial charge in [0.15, 0.2) is 11.5 Å². The number of hydrogen-bond donors (Lipinski definition) is 1. The summed E-state index contributed by atoms with van der Waals surface area (Å²) >= 11 is 3.42. The Kier molecular flexibility index (Phi) is 7.37. The number of nitrogens with zero attached hydrogens (tertiary/aromatic N) is 2. The number of pyridine rings is 1. The largest absolute Gasteiger partial charge is 0.493 e. The number of para-hydroxylation sites is 1. The molecule has 2 aliphatic heterocycles. The van der Waals surface area contributed by atoms with E-state index in [0.717, 1.165) is 12.1 Å². The zero-order chi connectivity index (χ0) is 26.8. The Bertz CT molecular complexity index is 1480. The molecule has 2 aromatic carbocycles. The van der Waals surface area contributed by atoms with Gasteiger partial charge in [-0.3, -0.25) is 14.4 Å². The smallest absolute Gasteiger partial charge is 0.270 e. The highest BCUT2D eigenvalue weighted by atomic mass is 79.9. The van der Waals surface area contributed by atoms with Crippen LogP contribution in [0.1, 0.15) is 34.0 Å². The second kappa shape index (κ2) is 10.9. The number of nitrogens with one attached hydrogen (secondary N) is 1. The van der Waals surface area contributed by atoms with Crippen LogP contribution in [0.3, 0.4) is 0 Å². The van der Waals surface area contributed by atoms with Crippen LogP contribution in [0.2, 0.25) is 0 Å². The minimum Gasteiger partial charge on any atom is -0.493 e. The topological polar surface area (TPSA) is 89.9 Å². The van der Waals surface area contributed by atoms with Gasteiger partial charge in [0.25, 0.3) is 17.4 Å². The van der Waals surface area contributed by atoms with Gasteiger partial charge in [-0.25, -0.2) is 0 Å². The third-order valence-corrected chi connectivity index (χ3v) is 7.79. The first kappa shape index (κ1) is 25.8. The summed E-state index contributed by atoms with van der Waals surface area (Å²) in [6.07, 6.45) is 2.54. The van der Waals surface area contributed by atoms with Crippen molar-refractivity contribution in [3.63, 3.8) is 0 Å². The lowest BCUT2D eigenvalue weighted by Crippen LogP contribution is -2.50. The van der Waals surface area contributed by atoms with Crippen molar-refractivity contribution in [3.8, 4) is 11.5 Å². The third-order valence-electron chi connectivity index (χ3n) is 7.10. The van der Waals surface area contributed by atoms with E-state index in [-0.39, 0.29) is 29.0 Å². The van der Waals surface area contributed by atoms with Crippen LogP contribution in [0.4, 0.5) is 0 Å². The van der Waals surface area contributed by atoms with Gasteiger partial charge < -0.3 is 24.3 Å². The number of benzene rings is 2. The molecule has 38 heavy (non-hydrogen) atoms. The highest BCUT2D eigenvalue weighted by molar-refractivity contribution is 9.10. The van der Waals surface area contributed by atoms with E-state index < -0.39 is 5.91 Å². The summed E-state index contributed by atoms with van der Waals surface area (Å²) in [5.41, 5.74) is 2.07. The van der Waals surface area contributed by atoms with Crippen LogP contribution >= 0.6 is 15.9 Å². The van der Waals surface area contributed by atoms with Gasteiger partial charge in [-0.2, -0.15) is 0 Å². The van der Waals surface area contributed by atoms with E-state index in [1.54, 1.807) is 66.6 Å². The number of rotatable bonds is 6. The first-order chi connectivity index (χ1) is 18.4. The molecule has 2 amide bonds. The molecule has 3 heterocycles. The number of aromatic nitrogens is 1. The maximum absolute atomic E-state index is 14.0. The molecule has 1 saturated heterocycles. The Hall–Kier alpha value is -3.85. The predicted octanol–water partition coefficient (Wildman–Crippen LogP) is 4.04. The lowest BCUT2D eigenvalue weighted by Gasteiger charge is -2.43. The van der Waals surface area contributed by atoms with Crippen LogP contribution in [0.5, 0.6) is 11.5 Å². The SMILES string of the molecule is COc1cccc(/C=C(\NC(=O)c2ccccc2Br)C(=O)N2C[C@@H]3C[C@@H](C2)c2cccc(=O)n2C3)c1OC. The number of fused-ring (bicyclic) bond motifs is 4. The molecule has 2 bridgehead atoms. The number of ether oxygens (including phenoxy) is 2. The average molecular weight is 578 g/mol. The minimum absolute atomic E-state index is 0.0108. The van der Waals surface area contributed by atoms with Crippen LogP contribution < -0.4 is 20.3 Å². The highest BCUT2D eigenvalue weighted by Gasteiger charge is 2.37. The van der Waals surface area contributed by atoms with E-state index in [2.05, 4.69) is 21.2 Å². The van der Waals surface area contributed by atoms with Crippen molar-refractivity contribution in [3.05, 3.63) is 98.0 Å². The van der Waals surface area contributed by atoms with E-state index in [4.69, 9.17) is 9.47 Å². The molecule has 5 rings (SSSR count). The highest BCUT2D eigenvalue weighted by Crippen LogP contribution is 2.36. The van der Waals surface area contributed by atoms with Crippen molar-refractivity contribution in [1.82, 2.24) is 14.8 Å². The zero-order valence-electron chi connectivity index (χ0n) is 21.1. The molecule has 2 aliphatic rings. The molecular weight excluding hydrogens is 550 g/mol. The summed E-state index contributed by atoms with van der Waals surface area (Å²) in [6, 6.07) is 17.7. The molecule has 0 saturated carbocycles. The van der Waals surface area contributed by atoms with E-state index >= 15 is 0 Å². The summed E-state index contributed by atoms with van der Waals surface area (Å²) in [5.74, 6) is 0.465. The number of carbonyl (C=O) groups excluding carboxylic acids is 2. The molecule has 0 unspecified atom stereocenters. The van der Waals surface area contributed by atoms with E-state index in [1.807, 2.05) is 16.7 Å². The number of likely N-dealkylation sites (tertiary alicyclic amines) is 1. The van der Waals surface area contributed by atoms with E-state index in [0.29, 0.717) is 46.7 Å². The Morgan fingerprint density at radius 3 is 2.53 bits per heavy atom. The maximum Gasteiger partial charge on any atom is 0.270 e. The van der Waals surface area contributed by atoms with Crippen molar-refractivity contribution >= 4 is 33.8 Å². The average Bonchev–Trinajstić information content (AvgIpc) is 2.92. The summed E-state index contributed by atoms with van der Waals surface area (Å²) in [6.45, 7) is 1.52. The molecular formula is C29H28BrN3O5. The van der Waals surface area contributed by atoms with E-state index in [1.165, 1.54) is 7.11 Å². The number of amides is 2. The number of carbonyl (C=O) groups is 2. The summed E-state index contributed by atoms with van der Waals surface area (Å²) < 4.78 is 13.4. The Balaban J connectivity index is 1.51. The Labute approximate surface area is 229 Å². The van der Waals surface area contributed by atoms with Crippen molar-refractivity contribution in [1.29, 1.82) is 0 Å². The Morgan fingerprint density at radius 1 is 0.974 bits per heavy atom. The second-order valence-corrected chi connectivity index (χ2v) is 10.3. The molecule has 9 heteroatoms. The zero-order valence-corrected chi connectivity index (χ0v) is 22.7. The van der Waals surface area contributed by atoms with Gasteiger partial charge in [0.2, 0.25) is 0 Å². The summed E-state index contributed by atoms with van der Waals surface area (Å²) in [7, 11) is 3.07. The van der Waals surface area contributed by atoms with Crippen molar-refractivity contribution in [2.24, 2.45) is 5.92 Å². The molecule has 8 nitrogen and oxygen atoms in total. The van der Waals surface area contributed by atoms with Crippen molar-refractivity contribution in [2.75, 3.05) is 27.3 Å². The molecule has 1 aromatic heterocycles. The van der Waals surface area contributed by atoms with Gasteiger partial charge in [-0.05, 0) is 58.6 Å². The van der Waals surface area contributed by atoms with Crippen LogP contribution in [-0.2, 0) is 11.3 Å². The monoisotopic (exact) mass is 577 g/mol. The fraction of sp³-hybridized carbons (Fsp3) is 0.276. The molecule has 1 N–H and O–H groups in total. The first-order valence-corrected chi connectivity index (χ1v) is 13.2. The van der Waals surface area contributed by atoms with Crippen LogP contribution in [0, 0.1) is 5.92 Å². The van der Waals surface area contributed by atoms with Gasteiger partial charge in [-0.15, -0.1) is 0 Å². The third kappa shape index (κ3) is 4.98. The molecule has 0 aliphatic carbocycles. The number of hydrogen-bond acceptors (Lipinski definition) is 5. The van der Waals surface area contributed by atoms with Crippen LogP contribution in [0.25, 0.3) is 6.08 Å². The predicted molar refractivity (Wildman–Crippen MR) is 147 cm³/mol. The van der Waals surface area contributed by atoms with Crippen LogP contribution in [0.15, 0.2) is 75.6 Å². The van der Waals surface area contributed by atoms with Gasteiger partial charge in [0, 0.05) is 47.3 Å². The van der Waals surface area contributed by atoms with Gasteiger partial charge in [0.05, 0.1) is 19.8 Å². The molecule has 1 fully saturated rings. The normalized spacial score (nSPS) is 18.4. The van der Waals surface area contributed by atoms with Crippen molar-refractivity contribution in [2.45, 2.75) is 18.9 Å². The number of methoxy groups -OCH3 is 2. The fourth-order valence-corrected chi connectivity index (χ4v) is 5.86. The quantitative estimate of drug-likeness (QED) is 0.446. The molecule has 0 spiro atoms. The maximum atomic E-state index is 14.0. The molecule has 3 aromatic rings. The number of halogens is 1. The van der Waals surface area contributed by atoms with Gasteiger partial charge in [0.1, 0.15) is 5.70 Å². The first-order valence-electron chi connectivity index (χ1n) is 12.4. The molecule has 2 atom stereocenters. The molecule has 0 radical (unpaired) electrons. The summed E-state index contributed by atoms with van der Waals surface area (Å²) in [5, 5.41) is 2.85. The van der Waals surface area contributed by atoms with Gasteiger partial charge in [-0.1, -0.05) is 30.3 Å². The van der Waals surface area contributed by atoms with Crippen LogP contribution in [-0.4, -0.2) is 48.6 Å². The van der Waals surface area contributed by atoms with E-state index in [9.17, 15) is 14.4 Å².